The topological polar surface area (TPSA) is 60.4 Å². The van der Waals surface area contributed by atoms with Gasteiger partial charge in [-0.2, -0.15) is 5.10 Å². The van der Waals surface area contributed by atoms with Gasteiger partial charge in [-0.1, -0.05) is 0 Å². The second-order valence-electron chi connectivity index (χ2n) is 6.41. The number of rotatable bonds is 5. The molecular formula is C17H22N4O2S. The lowest BCUT2D eigenvalue weighted by atomic mass is 10.0. The zero-order chi connectivity index (χ0) is 16.4. The van der Waals surface area contributed by atoms with Crippen LogP contribution in [0.3, 0.4) is 0 Å². The van der Waals surface area contributed by atoms with Crippen molar-refractivity contribution in [3.63, 3.8) is 0 Å². The fraction of sp³-hybridized carbons (Fsp3) is 0.588. The number of hydrogen-bond acceptors (Lipinski definition) is 7. The van der Waals surface area contributed by atoms with E-state index in [1.165, 1.54) is 0 Å². The van der Waals surface area contributed by atoms with Crippen molar-refractivity contribution in [3.05, 3.63) is 34.4 Å². The van der Waals surface area contributed by atoms with E-state index in [1.54, 1.807) is 11.3 Å². The van der Waals surface area contributed by atoms with Crippen LogP contribution in [0.1, 0.15) is 23.5 Å². The predicted molar refractivity (Wildman–Crippen MR) is 92.1 cm³/mol. The maximum atomic E-state index is 6.09. The molecule has 0 N–H and O–H groups in total. The van der Waals surface area contributed by atoms with Crippen molar-refractivity contribution in [2.75, 3.05) is 24.7 Å². The number of fused-ring (bicyclic) bond motifs is 1. The molecule has 2 aromatic heterocycles. The molecule has 1 aliphatic carbocycles. The molecule has 7 heteroatoms. The highest BCUT2D eigenvalue weighted by molar-refractivity contribution is 7.09. The second kappa shape index (κ2) is 7.13. The van der Waals surface area contributed by atoms with Crippen LogP contribution in [0.2, 0.25) is 0 Å². The smallest absolute Gasteiger partial charge is 0.151 e. The van der Waals surface area contributed by atoms with Gasteiger partial charge in [0.1, 0.15) is 5.01 Å². The largest absolute Gasteiger partial charge is 0.374 e. The van der Waals surface area contributed by atoms with Gasteiger partial charge in [-0.3, -0.25) is 0 Å². The summed E-state index contributed by atoms with van der Waals surface area (Å²) in [5.41, 5.74) is 0.948. The molecule has 0 bridgehead atoms. The van der Waals surface area contributed by atoms with Gasteiger partial charge >= 0.3 is 0 Å². The third-order valence-electron chi connectivity index (χ3n) is 4.84. The first-order valence-electron chi connectivity index (χ1n) is 8.46. The van der Waals surface area contributed by atoms with E-state index in [4.69, 9.17) is 9.47 Å². The first-order chi connectivity index (χ1) is 11.8. The van der Waals surface area contributed by atoms with E-state index in [9.17, 15) is 0 Å². The summed E-state index contributed by atoms with van der Waals surface area (Å²) in [6.45, 7) is 4.91. The van der Waals surface area contributed by atoms with Crippen LogP contribution in [-0.2, 0) is 16.1 Å². The van der Waals surface area contributed by atoms with Gasteiger partial charge < -0.3 is 14.4 Å². The van der Waals surface area contributed by atoms with Gasteiger partial charge in [-0.05, 0) is 31.9 Å². The van der Waals surface area contributed by atoms with Gasteiger partial charge in [-0.15, -0.1) is 16.4 Å². The quantitative estimate of drug-likeness (QED) is 0.829. The summed E-state index contributed by atoms with van der Waals surface area (Å²) < 4.78 is 12.0. The average molecular weight is 346 g/mol. The van der Waals surface area contributed by atoms with Crippen molar-refractivity contribution in [2.24, 2.45) is 5.92 Å². The van der Waals surface area contributed by atoms with Crippen molar-refractivity contribution in [3.8, 4) is 0 Å². The van der Waals surface area contributed by atoms with E-state index >= 15 is 0 Å². The van der Waals surface area contributed by atoms with E-state index in [-0.39, 0.29) is 6.10 Å². The zero-order valence-electron chi connectivity index (χ0n) is 13.8. The minimum atomic E-state index is 0.221. The van der Waals surface area contributed by atoms with Crippen LogP contribution in [-0.4, -0.2) is 47.1 Å². The SMILES string of the molecule is Cc1ccc(N2CCOC3C(COCc4nccs4)CCC32)nn1. The first kappa shape index (κ1) is 15.9. The Balaban J connectivity index is 1.38. The molecule has 3 atom stereocenters. The molecule has 1 saturated heterocycles. The molecule has 2 aliphatic rings. The van der Waals surface area contributed by atoms with Crippen LogP contribution in [0.15, 0.2) is 23.7 Å². The monoisotopic (exact) mass is 346 g/mol. The summed E-state index contributed by atoms with van der Waals surface area (Å²) in [5.74, 6) is 1.40. The average Bonchev–Trinajstić information content (AvgIpc) is 3.26. The van der Waals surface area contributed by atoms with Crippen LogP contribution in [0.4, 0.5) is 5.82 Å². The summed E-state index contributed by atoms with van der Waals surface area (Å²) in [4.78, 5) is 6.62. The van der Waals surface area contributed by atoms with E-state index in [0.29, 0.717) is 18.6 Å². The first-order valence-corrected chi connectivity index (χ1v) is 9.34. The van der Waals surface area contributed by atoms with Gasteiger partial charge in [-0.25, -0.2) is 4.98 Å². The maximum Gasteiger partial charge on any atom is 0.151 e. The van der Waals surface area contributed by atoms with Gasteiger partial charge in [0.05, 0.1) is 37.7 Å². The second-order valence-corrected chi connectivity index (χ2v) is 7.39. The molecule has 0 amide bonds. The van der Waals surface area contributed by atoms with Crippen LogP contribution in [0.25, 0.3) is 0 Å². The number of ether oxygens (including phenoxy) is 2. The zero-order valence-corrected chi connectivity index (χ0v) is 14.6. The number of nitrogens with zero attached hydrogens (tertiary/aromatic N) is 4. The number of aromatic nitrogens is 3. The van der Waals surface area contributed by atoms with Gasteiger partial charge in [0.15, 0.2) is 5.82 Å². The molecule has 6 nitrogen and oxygen atoms in total. The Hall–Kier alpha value is -1.57. The highest BCUT2D eigenvalue weighted by atomic mass is 32.1. The fourth-order valence-corrected chi connectivity index (χ4v) is 4.24. The standard InChI is InChI=1S/C17H22N4O2S/c1-12-2-5-15(20-19-12)21-7-8-23-17-13(3-4-14(17)21)10-22-11-16-18-6-9-24-16/h2,5-6,9,13-14,17H,3-4,7-8,10-11H2,1H3. The molecule has 4 rings (SSSR count). The molecule has 0 aromatic carbocycles. The van der Waals surface area contributed by atoms with E-state index < -0.39 is 0 Å². The molecule has 2 aromatic rings. The number of thiazole rings is 1. The summed E-state index contributed by atoms with van der Waals surface area (Å²) in [6.07, 6.45) is 4.28. The summed E-state index contributed by atoms with van der Waals surface area (Å²) >= 11 is 1.64. The minimum Gasteiger partial charge on any atom is -0.374 e. The normalized spacial score (nSPS) is 26.5. The molecule has 1 aliphatic heterocycles. The van der Waals surface area contributed by atoms with Crippen molar-refractivity contribution < 1.29 is 9.47 Å². The molecule has 128 valence electrons. The molecule has 3 unspecified atom stereocenters. The van der Waals surface area contributed by atoms with Gasteiger partial charge in [0, 0.05) is 24.0 Å². The van der Waals surface area contributed by atoms with Gasteiger partial charge in [0.2, 0.25) is 0 Å². The maximum absolute atomic E-state index is 6.09. The number of anilines is 1. The Morgan fingerprint density at radius 1 is 1.33 bits per heavy atom. The van der Waals surface area contributed by atoms with Crippen molar-refractivity contribution >= 4 is 17.2 Å². The molecular weight excluding hydrogens is 324 g/mol. The number of hydrogen-bond donors (Lipinski definition) is 0. The minimum absolute atomic E-state index is 0.221. The Kier molecular flexibility index (Phi) is 4.73. The Morgan fingerprint density at radius 2 is 2.29 bits per heavy atom. The third-order valence-corrected chi connectivity index (χ3v) is 5.59. The Labute approximate surface area is 145 Å². The highest BCUT2D eigenvalue weighted by Crippen LogP contribution is 2.36. The molecule has 3 heterocycles. The Morgan fingerprint density at radius 3 is 3.08 bits per heavy atom. The van der Waals surface area contributed by atoms with E-state index in [1.807, 2.05) is 24.6 Å². The van der Waals surface area contributed by atoms with E-state index in [2.05, 4.69) is 26.1 Å². The number of aryl methyl sites for hydroxylation is 1. The summed E-state index contributed by atoms with van der Waals surface area (Å²) in [7, 11) is 0. The lowest BCUT2D eigenvalue weighted by Gasteiger charge is -2.39. The molecule has 0 spiro atoms. The Bertz CT molecular complexity index is 649. The molecule has 2 fully saturated rings. The lowest BCUT2D eigenvalue weighted by Crippen LogP contribution is -2.51. The lowest BCUT2D eigenvalue weighted by molar-refractivity contribution is -0.0309. The van der Waals surface area contributed by atoms with Crippen LogP contribution in [0, 0.1) is 12.8 Å². The van der Waals surface area contributed by atoms with Crippen LogP contribution in [0.5, 0.6) is 0 Å². The fourth-order valence-electron chi connectivity index (χ4n) is 3.69. The summed E-state index contributed by atoms with van der Waals surface area (Å²) in [5, 5.41) is 11.6. The third kappa shape index (κ3) is 3.29. The molecule has 1 saturated carbocycles. The van der Waals surface area contributed by atoms with Crippen molar-refractivity contribution in [1.82, 2.24) is 15.2 Å². The van der Waals surface area contributed by atoms with Crippen LogP contribution < -0.4 is 4.90 Å². The highest BCUT2D eigenvalue weighted by Gasteiger charge is 2.43. The molecule has 24 heavy (non-hydrogen) atoms. The van der Waals surface area contributed by atoms with Crippen molar-refractivity contribution in [2.45, 2.75) is 38.5 Å². The number of morpholine rings is 1. The van der Waals surface area contributed by atoms with Crippen LogP contribution >= 0.6 is 11.3 Å². The molecule has 0 radical (unpaired) electrons. The predicted octanol–water partition coefficient (Wildman–Crippen LogP) is 2.44. The van der Waals surface area contributed by atoms with Crippen molar-refractivity contribution in [1.29, 1.82) is 0 Å². The summed E-state index contributed by atoms with van der Waals surface area (Å²) in [6, 6.07) is 4.47. The van der Waals surface area contributed by atoms with Gasteiger partial charge in [0.25, 0.3) is 0 Å². The van der Waals surface area contributed by atoms with E-state index in [0.717, 1.165) is 49.1 Å².